The molecule has 0 atom stereocenters. The summed E-state index contributed by atoms with van der Waals surface area (Å²) in [6.07, 6.45) is 0. The van der Waals surface area contributed by atoms with Crippen LogP contribution in [0.15, 0.2) is 24.3 Å². The fraction of sp³-hybridized carbons (Fsp3) is 0.438. The van der Waals surface area contributed by atoms with E-state index in [9.17, 15) is 0 Å². The van der Waals surface area contributed by atoms with Crippen molar-refractivity contribution in [3.05, 3.63) is 35.5 Å². The van der Waals surface area contributed by atoms with E-state index < -0.39 is 5.54 Å². The molecule has 0 fully saturated rings. The van der Waals surface area contributed by atoms with Crippen molar-refractivity contribution >= 4 is 10.9 Å². The molecule has 0 aliphatic carbocycles. The minimum atomic E-state index is -0.406. The Balaban J connectivity index is 2.79. The molecule has 0 amide bonds. The van der Waals surface area contributed by atoms with Gasteiger partial charge in [-0.2, -0.15) is 0 Å². The Bertz CT molecular complexity index is 597. The average Bonchev–Trinajstić information content (AvgIpc) is 2.35. The van der Waals surface area contributed by atoms with E-state index in [1.807, 2.05) is 32.0 Å². The predicted octanol–water partition coefficient (Wildman–Crippen LogP) is 3.56. The molecule has 3 heteroatoms. The van der Waals surface area contributed by atoms with Gasteiger partial charge in [-0.15, -0.1) is 0 Å². The fourth-order valence-electron chi connectivity index (χ4n) is 2.18. The van der Waals surface area contributed by atoms with Gasteiger partial charge in [-0.3, -0.25) is 4.98 Å². The lowest BCUT2D eigenvalue weighted by Crippen LogP contribution is -2.29. The summed E-state index contributed by atoms with van der Waals surface area (Å²) in [4.78, 5) is 4.71. The number of pyridine rings is 1. The number of ether oxygens (including phenoxy) is 1. The van der Waals surface area contributed by atoms with E-state index in [4.69, 9.17) is 15.5 Å². The van der Waals surface area contributed by atoms with Crippen molar-refractivity contribution in [3.8, 4) is 5.75 Å². The monoisotopic (exact) mass is 258 g/mol. The van der Waals surface area contributed by atoms with E-state index in [-0.39, 0.29) is 0 Å². The second kappa shape index (κ2) is 4.82. The summed E-state index contributed by atoms with van der Waals surface area (Å²) < 4.78 is 5.30. The molecule has 0 saturated heterocycles. The van der Waals surface area contributed by atoms with E-state index >= 15 is 0 Å². The largest absolute Gasteiger partial charge is 0.497 e. The van der Waals surface area contributed by atoms with E-state index in [0.717, 1.165) is 27.9 Å². The molecule has 2 aromatic rings. The zero-order valence-electron chi connectivity index (χ0n) is 12.3. The fourth-order valence-corrected chi connectivity index (χ4v) is 2.18. The molecule has 0 bridgehead atoms. The first-order valence-corrected chi connectivity index (χ1v) is 6.61. The number of aromatic nitrogens is 1. The van der Waals surface area contributed by atoms with Gasteiger partial charge in [0.2, 0.25) is 0 Å². The molecular formula is C16H22N2O. The molecule has 0 radical (unpaired) electrons. The molecule has 2 N–H and O–H groups in total. The zero-order chi connectivity index (χ0) is 14.2. The third-order valence-corrected chi connectivity index (χ3v) is 3.32. The molecule has 1 aromatic heterocycles. The minimum absolute atomic E-state index is 0.382. The molecule has 19 heavy (non-hydrogen) atoms. The van der Waals surface area contributed by atoms with Crippen LogP contribution >= 0.6 is 0 Å². The second-order valence-corrected chi connectivity index (χ2v) is 5.85. The summed E-state index contributed by atoms with van der Waals surface area (Å²) in [5, 5.41) is 1.07. The molecule has 3 nitrogen and oxygen atoms in total. The smallest absolute Gasteiger partial charge is 0.119 e. The number of benzene rings is 1. The number of nitrogens with two attached hydrogens (primary N) is 1. The number of hydrogen-bond donors (Lipinski definition) is 1. The molecule has 0 spiro atoms. The highest BCUT2D eigenvalue weighted by molar-refractivity contribution is 5.85. The SMILES string of the molecule is COc1ccc2nc(C(C)C)cc(C(C)(C)N)c2c1. The Morgan fingerprint density at radius 2 is 1.89 bits per heavy atom. The summed E-state index contributed by atoms with van der Waals surface area (Å²) in [5.74, 6) is 1.21. The summed E-state index contributed by atoms with van der Waals surface area (Å²) in [6, 6.07) is 8.06. The molecule has 0 unspecified atom stereocenters. The van der Waals surface area contributed by atoms with Gasteiger partial charge in [0.15, 0.2) is 0 Å². The van der Waals surface area contributed by atoms with Gasteiger partial charge in [-0.05, 0) is 49.6 Å². The Kier molecular flexibility index (Phi) is 3.50. The minimum Gasteiger partial charge on any atom is -0.497 e. The highest BCUT2D eigenvalue weighted by atomic mass is 16.5. The Morgan fingerprint density at radius 1 is 1.21 bits per heavy atom. The highest BCUT2D eigenvalue weighted by Gasteiger charge is 2.20. The van der Waals surface area contributed by atoms with Crippen LogP contribution in [-0.2, 0) is 5.54 Å². The van der Waals surface area contributed by atoms with Gasteiger partial charge < -0.3 is 10.5 Å². The highest BCUT2D eigenvalue weighted by Crippen LogP contribution is 2.31. The molecule has 0 aliphatic heterocycles. The Hall–Kier alpha value is -1.61. The van der Waals surface area contributed by atoms with Crippen LogP contribution in [0.5, 0.6) is 5.75 Å². The maximum atomic E-state index is 6.31. The molecule has 0 saturated carbocycles. The Morgan fingerprint density at radius 3 is 2.42 bits per heavy atom. The number of nitrogens with zero attached hydrogens (tertiary/aromatic N) is 1. The lowest BCUT2D eigenvalue weighted by molar-refractivity contribution is 0.415. The van der Waals surface area contributed by atoms with Gasteiger partial charge in [0, 0.05) is 16.6 Å². The predicted molar refractivity (Wildman–Crippen MR) is 79.6 cm³/mol. The van der Waals surface area contributed by atoms with E-state index in [1.54, 1.807) is 7.11 Å². The quantitative estimate of drug-likeness (QED) is 0.915. The van der Waals surface area contributed by atoms with E-state index in [1.165, 1.54) is 0 Å². The number of fused-ring (bicyclic) bond motifs is 1. The summed E-state index contributed by atoms with van der Waals surface area (Å²) in [5.41, 5.74) is 9.07. The maximum Gasteiger partial charge on any atom is 0.119 e. The van der Waals surface area contributed by atoms with Crippen molar-refractivity contribution in [3.63, 3.8) is 0 Å². The van der Waals surface area contributed by atoms with Gasteiger partial charge in [0.1, 0.15) is 5.75 Å². The van der Waals surface area contributed by atoms with Crippen LogP contribution in [0.1, 0.15) is 44.9 Å². The van der Waals surface area contributed by atoms with Crippen LogP contribution < -0.4 is 10.5 Å². The van der Waals surface area contributed by atoms with Crippen LogP contribution in [0.3, 0.4) is 0 Å². The third-order valence-electron chi connectivity index (χ3n) is 3.32. The number of methoxy groups -OCH3 is 1. The van der Waals surface area contributed by atoms with Gasteiger partial charge in [0.05, 0.1) is 12.6 Å². The molecular weight excluding hydrogens is 236 g/mol. The van der Waals surface area contributed by atoms with Crippen LogP contribution in [0.2, 0.25) is 0 Å². The summed E-state index contributed by atoms with van der Waals surface area (Å²) in [7, 11) is 1.67. The van der Waals surface area contributed by atoms with Crippen molar-refractivity contribution in [2.45, 2.75) is 39.2 Å². The first kappa shape index (κ1) is 13.8. The van der Waals surface area contributed by atoms with Crippen molar-refractivity contribution < 1.29 is 4.74 Å². The summed E-state index contributed by atoms with van der Waals surface area (Å²) >= 11 is 0. The molecule has 0 aliphatic rings. The standard InChI is InChI=1S/C16H22N2O/c1-10(2)15-9-13(16(3,4)17)12-8-11(19-5)6-7-14(12)18-15/h6-10H,17H2,1-5H3. The topological polar surface area (TPSA) is 48.1 Å². The van der Waals surface area contributed by atoms with Crippen molar-refractivity contribution in [2.24, 2.45) is 5.73 Å². The van der Waals surface area contributed by atoms with Crippen LogP contribution in [0, 0.1) is 0 Å². The zero-order valence-corrected chi connectivity index (χ0v) is 12.3. The first-order valence-electron chi connectivity index (χ1n) is 6.61. The van der Waals surface area contributed by atoms with Gasteiger partial charge in [-0.1, -0.05) is 13.8 Å². The average molecular weight is 258 g/mol. The molecule has 102 valence electrons. The van der Waals surface area contributed by atoms with Gasteiger partial charge in [-0.25, -0.2) is 0 Å². The Labute approximate surface area is 114 Å². The van der Waals surface area contributed by atoms with Crippen LogP contribution in [0.4, 0.5) is 0 Å². The van der Waals surface area contributed by atoms with Crippen LogP contribution in [0.25, 0.3) is 10.9 Å². The first-order chi connectivity index (χ1) is 8.82. The lowest BCUT2D eigenvalue weighted by atomic mass is 9.90. The van der Waals surface area contributed by atoms with Crippen molar-refractivity contribution in [2.75, 3.05) is 7.11 Å². The van der Waals surface area contributed by atoms with Crippen LogP contribution in [-0.4, -0.2) is 12.1 Å². The van der Waals surface area contributed by atoms with Crippen molar-refractivity contribution in [1.29, 1.82) is 0 Å². The van der Waals surface area contributed by atoms with Gasteiger partial charge >= 0.3 is 0 Å². The van der Waals surface area contributed by atoms with Gasteiger partial charge in [0.25, 0.3) is 0 Å². The normalized spacial score (nSPS) is 12.2. The van der Waals surface area contributed by atoms with Crippen molar-refractivity contribution in [1.82, 2.24) is 4.98 Å². The second-order valence-electron chi connectivity index (χ2n) is 5.85. The molecule has 2 rings (SSSR count). The number of rotatable bonds is 3. The maximum absolute atomic E-state index is 6.31. The van der Waals surface area contributed by atoms with E-state index in [2.05, 4.69) is 19.9 Å². The van der Waals surface area contributed by atoms with E-state index in [0.29, 0.717) is 5.92 Å². The lowest BCUT2D eigenvalue weighted by Gasteiger charge is -2.23. The number of hydrogen-bond acceptors (Lipinski definition) is 3. The molecule has 1 aromatic carbocycles. The molecule has 1 heterocycles. The third kappa shape index (κ3) is 2.71. The summed E-state index contributed by atoms with van der Waals surface area (Å²) in [6.45, 7) is 8.33.